The normalized spacial score (nSPS) is 9.27. The largest absolute Gasteiger partial charge is 0.497 e. The minimum Gasteiger partial charge on any atom is -0.497 e. The number of aromatic amines is 1. The maximum Gasteiger partial charge on any atom is 0.166 e. The molecular formula is C12H17NO2. The number of fused-ring (bicyclic) bond motifs is 1. The van der Waals surface area contributed by atoms with Gasteiger partial charge in [-0.2, -0.15) is 0 Å². The van der Waals surface area contributed by atoms with Gasteiger partial charge in [-0.15, -0.1) is 0 Å². The first kappa shape index (κ1) is 11.3. The molecule has 0 aliphatic carbocycles. The lowest BCUT2D eigenvalue weighted by Gasteiger charge is -1.97. The van der Waals surface area contributed by atoms with Crippen LogP contribution in [-0.2, 0) is 0 Å². The second-order valence-electron chi connectivity index (χ2n) is 2.80. The Bertz CT molecular complexity index is 451. The number of benzene rings is 1. The Morgan fingerprint density at radius 3 is 2.67 bits per heavy atom. The standard InChI is InChI=1S/C10H9NO2.C2H6.H2/c1-13-9-2-3-10-7(5-9)4-8(6-12)11-10;1-2;/h2-6,11H,1H3;1-2H3;1H. The molecule has 0 saturated carbocycles. The van der Waals surface area contributed by atoms with Gasteiger partial charge in [-0.05, 0) is 24.3 Å². The third-order valence-electron chi connectivity index (χ3n) is 1.98. The van der Waals surface area contributed by atoms with Crippen LogP contribution in [0.3, 0.4) is 0 Å². The summed E-state index contributed by atoms with van der Waals surface area (Å²) < 4.78 is 5.06. The lowest BCUT2D eigenvalue weighted by Crippen LogP contribution is -1.80. The SMILES string of the molecule is CC.COc1ccc2[nH]c(C=O)cc2c1.[HH]. The monoisotopic (exact) mass is 207 g/mol. The molecule has 3 heteroatoms. The molecule has 1 heterocycles. The van der Waals surface area contributed by atoms with Gasteiger partial charge in [0.1, 0.15) is 5.75 Å². The Kier molecular flexibility index (Phi) is 3.92. The molecular weight excluding hydrogens is 190 g/mol. The third-order valence-corrected chi connectivity index (χ3v) is 1.98. The molecule has 2 rings (SSSR count). The van der Waals surface area contributed by atoms with Crippen LogP contribution in [0.1, 0.15) is 25.8 Å². The number of rotatable bonds is 2. The summed E-state index contributed by atoms with van der Waals surface area (Å²) in [7, 11) is 1.62. The summed E-state index contributed by atoms with van der Waals surface area (Å²) in [6, 6.07) is 7.43. The van der Waals surface area contributed by atoms with Gasteiger partial charge in [-0.3, -0.25) is 4.79 Å². The average Bonchev–Trinajstić information content (AvgIpc) is 2.73. The molecule has 0 amide bonds. The summed E-state index contributed by atoms with van der Waals surface area (Å²) in [6.45, 7) is 4.00. The third kappa shape index (κ3) is 2.37. The highest BCUT2D eigenvalue weighted by atomic mass is 16.5. The fourth-order valence-corrected chi connectivity index (χ4v) is 1.32. The Morgan fingerprint density at radius 1 is 1.33 bits per heavy atom. The van der Waals surface area contributed by atoms with E-state index in [2.05, 4.69) is 4.98 Å². The molecule has 1 aromatic heterocycles. The Balaban J connectivity index is 0.000000711. The van der Waals surface area contributed by atoms with E-state index in [1.165, 1.54) is 0 Å². The molecule has 0 radical (unpaired) electrons. The van der Waals surface area contributed by atoms with Crippen LogP contribution in [0.2, 0.25) is 0 Å². The van der Waals surface area contributed by atoms with Crippen LogP contribution in [0.15, 0.2) is 24.3 Å². The van der Waals surface area contributed by atoms with Gasteiger partial charge in [-0.1, -0.05) is 13.8 Å². The van der Waals surface area contributed by atoms with Crippen molar-refractivity contribution in [1.82, 2.24) is 4.98 Å². The van der Waals surface area contributed by atoms with Crippen LogP contribution >= 0.6 is 0 Å². The van der Waals surface area contributed by atoms with Crippen molar-refractivity contribution in [2.45, 2.75) is 13.8 Å². The van der Waals surface area contributed by atoms with E-state index in [4.69, 9.17) is 4.74 Å². The highest BCUT2D eigenvalue weighted by molar-refractivity contribution is 5.88. The van der Waals surface area contributed by atoms with E-state index in [0.717, 1.165) is 22.9 Å². The smallest absolute Gasteiger partial charge is 0.166 e. The Morgan fingerprint density at radius 2 is 2.07 bits per heavy atom. The number of carbonyl (C=O) groups is 1. The fraction of sp³-hybridized carbons (Fsp3) is 0.250. The molecule has 0 spiro atoms. The van der Waals surface area contributed by atoms with Crippen LogP contribution in [0.25, 0.3) is 10.9 Å². The van der Waals surface area contributed by atoms with Crippen molar-refractivity contribution in [1.29, 1.82) is 0 Å². The zero-order valence-electron chi connectivity index (χ0n) is 9.20. The van der Waals surface area contributed by atoms with Gasteiger partial charge in [0, 0.05) is 12.3 Å². The molecule has 0 saturated heterocycles. The average molecular weight is 207 g/mol. The van der Waals surface area contributed by atoms with Crippen LogP contribution < -0.4 is 4.74 Å². The van der Waals surface area contributed by atoms with Gasteiger partial charge in [-0.25, -0.2) is 0 Å². The highest BCUT2D eigenvalue weighted by Gasteiger charge is 2.00. The van der Waals surface area contributed by atoms with Crippen LogP contribution in [0, 0.1) is 0 Å². The maximum absolute atomic E-state index is 10.5. The molecule has 0 fully saturated rings. The zero-order chi connectivity index (χ0) is 11.3. The molecule has 82 valence electrons. The van der Waals surface area contributed by atoms with E-state index in [9.17, 15) is 4.79 Å². The van der Waals surface area contributed by atoms with Crippen LogP contribution in [0.4, 0.5) is 0 Å². The summed E-state index contributed by atoms with van der Waals surface area (Å²) in [4.78, 5) is 13.4. The molecule has 3 nitrogen and oxygen atoms in total. The quantitative estimate of drug-likeness (QED) is 0.768. The first-order chi connectivity index (χ1) is 7.33. The maximum atomic E-state index is 10.5. The van der Waals surface area contributed by atoms with Crippen molar-refractivity contribution >= 4 is 17.2 Å². The summed E-state index contributed by atoms with van der Waals surface area (Å²) >= 11 is 0. The van der Waals surface area contributed by atoms with Gasteiger partial charge in [0.2, 0.25) is 0 Å². The van der Waals surface area contributed by atoms with E-state index in [0.29, 0.717) is 5.69 Å². The zero-order valence-corrected chi connectivity index (χ0v) is 9.20. The van der Waals surface area contributed by atoms with Gasteiger partial charge in [0.15, 0.2) is 6.29 Å². The number of methoxy groups -OCH3 is 1. The number of aldehydes is 1. The number of hydrogen-bond acceptors (Lipinski definition) is 2. The van der Waals surface area contributed by atoms with E-state index in [-0.39, 0.29) is 1.43 Å². The summed E-state index contributed by atoms with van der Waals surface area (Å²) in [5, 5.41) is 0.987. The Labute approximate surface area is 90.5 Å². The summed E-state index contributed by atoms with van der Waals surface area (Å²) in [5.74, 6) is 0.795. The molecule has 0 bridgehead atoms. The number of carbonyl (C=O) groups excluding carboxylic acids is 1. The van der Waals surface area contributed by atoms with Crippen molar-refractivity contribution in [2.24, 2.45) is 0 Å². The molecule has 0 aliphatic rings. The molecule has 1 aromatic carbocycles. The molecule has 0 atom stereocenters. The van der Waals surface area contributed by atoms with Crippen molar-refractivity contribution in [3.63, 3.8) is 0 Å². The second kappa shape index (κ2) is 5.20. The second-order valence-corrected chi connectivity index (χ2v) is 2.80. The molecule has 0 aliphatic heterocycles. The number of hydrogen-bond donors (Lipinski definition) is 1. The fourth-order valence-electron chi connectivity index (χ4n) is 1.32. The first-order valence-corrected chi connectivity index (χ1v) is 4.95. The summed E-state index contributed by atoms with van der Waals surface area (Å²) in [6.07, 6.45) is 0.798. The van der Waals surface area contributed by atoms with Crippen molar-refractivity contribution < 1.29 is 11.0 Å². The number of aromatic nitrogens is 1. The molecule has 15 heavy (non-hydrogen) atoms. The van der Waals surface area contributed by atoms with Crippen molar-refractivity contribution in [3.8, 4) is 5.75 Å². The number of nitrogens with one attached hydrogen (secondary N) is 1. The Hall–Kier alpha value is -1.77. The number of ether oxygens (including phenoxy) is 1. The topological polar surface area (TPSA) is 42.1 Å². The van der Waals surface area contributed by atoms with Crippen molar-refractivity contribution in [2.75, 3.05) is 7.11 Å². The van der Waals surface area contributed by atoms with E-state index in [1.54, 1.807) is 13.2 Å². The van der Waals surface area contributed by atoms with Gasteiger partial charge < -0.3 is 9.72 Å². The predicted molar refractivity (Wildman–Crippen MR) is 63.7 cm³/mol. The molecule has 0 unspecified atom stereocenters. The summed E-state index contributed by atoms with van der Waals surface area (Å²) in [5.41, 5.74) is 1.53. The highest BCUT2D eigenvalue weighted by Crippen LogP contribution is 2.20. The van der Waals surface area contributed by atoms with Crippen LogP contribution in [-0.4, -0.2) is 18.4 Å². The minimum absolute atomic E-state index is 0. The van der Waals surface area contributed by atoms with Gasteiger partial charge in [0.25, 0.3) is 0 Å². The minimum atomic E-state index is 0. The lowest BCUT2D eigenvalue weighted by atomic mass is 10.2. The van der Waals surface area contributed by atoms with Gasteiger partial charge in [0.05, 0.1) is 12.8 Å². The molecule has 1 N–H and O–H groups in total. The van der Waals surface area contributed by atoms with Gasteiger partial charge >= 0.3 is 0 Å². The van der Waals surface area contributed by atoms with E-state index >= 15 is 0 Å². The first-order valence-electron chi connectivity index (χ1n) is 4.95. The predicted octanol–water partition coefficient (Wildman–Crippen LogP) is 3.26. The lowest BCUT2D eigenvalue weighted by molar-refractivity contribution is 0.112. The van der Waals surface area contributed by atoms with E-state index in [1.807, 2.05) is 32.0 Å². The number of H-pyrrole nitrogens is 1. The van der Waals surface area contributed by atoms with E-state index < -0.39 is 0 Å². The molecule has 2 aromatic rings. The van der Waals surface area contributed by atoms with Crippen molar-refractivity contribution in [3.05, 3.63) is 30.0 Å². The van der Waals surface area contributed by atoms with Crippen LogP contribution in [0.5, 0.6) is 5.75 Å².